The van der Waals surface area contributed by atoms with Crippen LogP contribution in [0.2, 0.25) is 0 Å². The predicted octanol–water partition coefficient (Wildman–Crippen LogP) is 6.78. The first-order valence-electron chi connectivity index (χ1n) is 10.9. The van der Waals surface area contributed by atoms with Gasteiger partial charge >= 0.3 is 0 Å². The Morgan fingerprint density at radius 3 is 1.92 bits per heavy atom. The summed E-state index contributed by atoms with van der Waals surface area (Å²) in [6.45, 7) is 0. The summed E-state index contributed by atoms with van der Waals surface area (Å²) in [4.78, 5) is 0. The number of hydrogen-bond donors (Lipinski definition) is 0. The third kappa shape index (κ3) is 8.24. The number of hydrogen-bond acceptors (Lipinski definition) is 5. The second-order valence-corrected chi connectivity index (χ2v) is 14.9. The molecule has 1 saturated heterocycles. The molecule has 0 radical (unpaired) electrons. The quantitative estimate of drug-likeness (QED) is 0.284. The molecule has 4 fully saturated rings. The first kappa shape index (κ1) is 21.0. The van der Waals surface area contributed by atoms with E-state index in [1.165, 1.54) is 91.6 Å². The second-order valence-electron chi connectivity index (χ2n) is 8.76. The molecule has 0 N–H and O–H groups in total. The van der Waals surface area contributed by atoms with Gasteiger partial charge in [0.1, 0.15) is 0 Å². The van der Waals surface area contributed by atoms with E-state index in [4.69, 9.17) is 0 Å². The summed E-state index contributed by atoms with van der Waals surface area (Å²) >= 11 is 11.5. The zero-order chi connectivity index (χ0) is 17.6. The molecule has 150 valence electrons. The summed E-state index contributed by atoms with van der Waals surface area (Å²) < 4.78 is 0. The molecule has 3 aliphatic carbocycles. The molecular formula is C21H36S5. The van der Waals surface area contributed by atoms with Crippen LogP contribution in [-0.2, 0) is 0 Å². The maximum absolute atomic E-state index is 2.36. The summed E-state index contributed by atoms with van der Waals surface area (Å²) in [7, 11) is 0. The molecule has 0 aromatic rings. The third-order valence-electron chi connectivity index (χ3n) is 5.88. The Bertz CT molecular complexity index is 405. The maximum atomic E-state index is 2.36. The molecule has 0 aromatic heterocycles. The Balaban J connectivity index is 1.17. The van der Waals surface area contributed by atoms with Gasteiger partial charge in [-0.15, -0.1) is 0 Å². The molecule has 5 heteroatoms. The number of thioether (sulfide) groups is 5. The van der Waals surface area contributed by atoms with E-state index < -0.39 is 0 Å². The van der Waals surface area contributed by atoms with Crippen LogP contribution in [0, 0.1) is 17.8 Å². The van der Waals surface area contributed by atoms with Crippen molar-refractivity contribution in [3.05, 3.63) is 0 Å². The molecule has 0 spiro atoms. The first-order chi connectivity index (χ1) is 12.9. The second kappa shape index (κ2) is 11.2. The SMILES string of the molecule is C(CC1CSC(CCSCC2CC2)C(SCC2CC2)CS1)SCC1CC1. The van der Waals surface area contributed by atoms with E-state index >= 15 is 0 Å². The topological polar surface area (TPSA) is 0 Å². The zero-order valence-electron chi connectivity index (χ0n) is 16.1. The van der Waals surface area contributed by atoms with E-state index in [1.807, 2.05) is 0 Å². The van der Waals surface area contributed by atoms with Gasteiger partial charge in [0.15, 0.2) is 0 Å². The summed E-state index contributed by atoms with van der Waals surface area (Å²) in [5.74, 6) is 13.3. The highest BCUT2D eigenvalue weighted by atomic mass is 32.2. The van der Waals surface area contributed by atoms with Crippen molar-refractivity contribution in [1.82, 2.24) is 0 Å². The lowest BCUT2D eigenvalue weighted by atomic mass is 10.2. The van der Waals surface area contributed by atoms with Crippen LogP contribution in [0.15, 0.2) is 0 Å². The predicted molar refractivity (Wildman–Crippen MR) is 131 cm³/mol. The van der Waals surface area contributed by atoms with E-state index in [9.17, 15) is 0 Å². The van der Waals surface area contributed by atoms with Gasteiger partial charge in [0.2, 0.25) is 0 Å². The third-order valence-corrected chi connectivity index (χ3v) is 13.5. The van der Waals surface area contributed by atoms with Crippen LogP contribution < -0.4 is 0 Å². The maximum Gasteiger partial charge on any atom is 0.0257 e. The van der Waals surface area contributed by atoms with Crippen molar-refractivity contribution in [2.45, 2.75) is 67.1 Å². The Morgan fingerprint density at radius 2 is 1.27 bits per heavy atom. The van der Waals surface area contributed by atoms with Gasteiger partial charge in [-0.25, -0.2) is 0 Å². The van der Waals surface area contributed by atoms with E-state index in [0.717, 1.165) is 33.5 Å². The molecule has 0 nitrogen and oxygen atoms in total. The lowest BCUT2D eigenvalue weighted by Crippen LogP contribution is -2.23. The van der Waals surface area contributed by atoms with Crippen molar-refractivity contribution in [3.8, 4) is 0 Å². The van der Waals surface area contributed by atoms with E-state index in [0.29, 0.717) is 0 Å². The molecule has 0 aromatic carbocycles. The van der Waals surface area contributed by atoms with Crippen LogP contribution in [0.3, 0.4) is 0 Å². The zero-order valence-corrected chi connectivity index (χ0v) is 20.2. The Morgan fingerprint density at radius 1 is 0.654 bits per heavy atom. The lowest BCUT2D eigenvalue weighted by molar-refractivity contribution is 0.820. The summed E-state index contributed by atoms with van der Waals surface area (Å²) in [6.07, 6.45) is 12.0. The van der Waals surface area contributed by atoms with Crippen molar-refractivity contribution in [1.29, 1.82) is 0 Å². The van der Waals surface area contributed by atoms with Gasteiger partial charge in [-0.3, -0.25) is 0 Å². The minimum atomic E-state index is 0.927. The summed E-state index contributed by atoms with van der Waals surface area (Å²) in [5, 5.41) is 2.79. The van der Waals surface area contributed by atoms with Crippen LogP contribution in [0.4, 0.5) is 0 Å². The lowest BCUT2D eigenvalue weighted by Gasteiger charge is -2.23. The first-order valence-corrected chi connectivity index (χ1v) is 16.3. The van der Waals surface area contributed by atoms with Crippen LogP contribution in [0.25, 0.3) is 0 Å². The van der Waals surface area contributed by atoms with E-state index in [2.05, 4.69) is 58.8 Å². The van der Waals surface area contributed by atoms with Gasteiger partial charge in [-0.2, -0.15) is 58.8 Å². The van der Waals surface area contributed by atoms with Crippen molar-refractivity contribution >= 4 is 58.8 Å². The highest BCUT2D eigenvalue weighted by Gasteiger charge is 2.31. The van der Waals surface area contributed by atoms with E-state index in [1.54, 1.807) is 0 Å². The number of rotatable bonds is 13. The fraction of sp³-hybridized carbons (Fsp3) is 1.00. The molecule has 1 aliphatic heterocycles. The van der Waals surface area contributed by atoms with Gasteiger partial charge in [0.25, 0.3) is 0 Å². The van der Waals surface area contributed by atoms with Gasteiger partial charge in [-0.1, -0.05) is 0 Å². The molecule has 4 rings (SSSR count). The van der Waals surface area contributed by atoms with Gasteiger partial charge < -0.3 is 0 Å². The van der Waals surface area contributed by atoms with Crippen LogP contribution in [0.1, 0.15) is 51.4 Å². The minimum Gasteiger partial charge on any atom is -0.162 e. The Labute approximate surface area is 183 Å². The average Bonchev–Trinajstić information content (AvgIpc) is 3.47. The fourth-order valence-electron chi connectivity index (χ4n) is 3.34. The van der Waals surface area contributed by atoms with Crippen molar-refractivity contribution < 1.29 is 0 Å². The Hall–Kier alpha value is 1.75. The van der Waals surface area contributed by atoms with Crippen molar-refractivity contribution in [2.75, 3.05) is 40.3 Å². The molecule has 1 heterocycles. The molecular weight excluding hydrogens is 413 g/mol. The van der Waals surface area contributed by atoms with Crippen molar-refractivity contribution in [3.63, 3.8) is 0 Å². The van der Waals surface area contributed by atoms with Crippen LogP contribution in [0.5, 0.6) is 0 Å². The molecule has 0 amide bonds. The highest BCUT2D eigenvalue weighted by Crippen LogP contribution is 2.42. The molecule has 3 saturated carbocycles. The van der Waals surface area contributed by atoms with Gasteiger partial charge in [0.05, 0.1) is 0 Å². The van der Waals surface area contributed by atoms with Gasteiger partial charge in [-0.05, 0) is 97.9 Å². The average molecular weight is 449 g/mol. The minimum absolute atomic E-state index is 0.927. The molecule has 0 bridgehead atoms. The molecule has 3 atom stereocenters. The molecule has 3 unspecified atom stereocenters. The monoisotopic (exact) mass is 448 g/mol. The van der Waals surface area contributed by atoms with Crippen LogP contribution in [-0.4, -0.2) is 56.0 Å². The summed E-state index contributed by atoms with van der Waals surface area (Å²) in [5.41, 5.74) is 0. The Kier molecular flexibility index (Phi) is 9.07. The van der Waals surface area contributed by atoms with Crippen LogP contribution >= 0.6 is 58.8 Å². The van der Waals surface area contributed by atoms with E-state index in [-0.39, 0.29) is 0 Å². The van der Waals surface area contributed by atoms with Gasteiger partial charge in [0, 0.05) is 27.3 Å². The molecule has 4 aliphatic rings. The summed E-state index contributed by atoms with van der Waals surface area (Å²) in [6, 6.07) is 0. The van der Waals surface area contributed by atoms with Crippen molar-refractivity contribution in [2.24, 2.45) is 17.8 Å². The smallest absolute Gasteiger partial charge is 0.0257 e. The molecule has 26 heavy (non-hydrogen) atoms. The normalized spacial score (nSPS) is 32.5. The fourth-order valence-corrected chi connectivity index (χ4v) is 11.4. The standard InChI is InChI=1S/C21H36S5/c1-2-16(1)11-22-9-7-19-14-26-20(8-10-23-12-17-3-4-17)21(15-24-19)25-13-18-5-6-18/h16-21H,1-15H2. The largest absolute Gasteiger partial charge is 0.162 e. The highest BCUT2D eigenvalue weighted by molar-refractivity contribution is 8.08.